The summed E-state index contributed by atoms with van der Waals surface area (Å²) < 4.78 is 5.93. The number of para-hydroxylation sites is 2. The second kappa shape index (κ2) is 9.71. The first-order valence-electron chi connectivity index (χ1n) is 8.38. The molecule has 0 radical (unpaired) electrons. The van der Waals surface area contributed by atoms with Crippen LogP contribution in [-0.2, 0) is 6.61 Å². The van der Waals surface area contributed by atoms with Crippen molar-refractivity contribution in [2.24, 2.45) is 0 Å². The van der Waals surface area contributed by atoms with Crippen molar-refractivity contribution in [2.45, 2.75) is 6.61 Å². The average molecular weight is 397 g/mol. The molecule has 136 valence electrons. The van der Waals surface area contributed by atoms with Crippen molar-refractivity contribution in [1.82, 2.24) is 5.43 Å². The Morgan fingerprint density at radius 2 is 1.67 bits per heavy atom. The molecule has 3 N–H and O–H groups in total. The Morgan fingerprint density at radius 1 is 0.963 bits per heavy atom. The lowest BCUT2D eigenvalue weighted by molar-refractivity contribution is -0.499. The quantitative estimate of drug-likeness (QED) is 0.340. The molecule has 3 aromatic carbocycles. The zero-order valence-corrected chi connectivity index (χ0v) is 16.1. The molecule has 0 bridgehead atoms. The van der Waals surface area contributed by atoms with Gasteiger partial charge in [0.2, 0.25) is 11.3 Å². The highest BCUT2D eigenvalue weighted by atomic mass is 35.5. The summed E-state index contributed by atoms with van der Waals surface area (Å²) in [6.45, 7) is 0.462. The van der Waals surface area contributed by atoms with Crippen molar-refractivity contribution in [1.29, 1.82) is 0 Å². The number of halogens is 1. The van der Waals surface area contributed by atoms with E-state index in [1.807, 2.05) is 78.9 Å². The Kier molecular flexibility index (Phi) is 6.79. The molecule has 27 heavy (non-hydrogen) atoms. The Labute approximate surface area is 168 Å². The van der Waals surface area contributed by atoms with Crippen molar-refractivity contribution in [3.63, 3.8) is 0 Å². The summed E-state index contributed by atoms with van der Waals surface area (Å²) in [6.07, 6.45) is 1.80. The summed E-state index contributed by atoms with van der Waals surface area (Å²) >= 11 is 11.2. The first-order valence-corrected chi connectivity index (χ1v) is 9.16. The zero-order valence-electron chi connectivity index (χ0n) is 14.5. The second-order valence-electron chi connectivity index (χ2n) is 5.69. The fourth-order valence-electron chi connectivity index (χ4n) is 2.34. The summed E-state index contributed by atoms with van der Waals surface area (Å²) in [4.78, 5) is 0. The van der Waals surface area contributed by atoms with Gasteiger partial charge in [-0.25, -0.2) is 0 Å². The highest BCUT2D eigenvalue weighted by Crippen LogP contribution is 2.17. The van der Waals surface area contributed by atoms with Crippen LogP contribution < -0.4 is 20.6 Å². The van der Waals surface area contributed by atoms with Crippen molar-refractivity contribution >= 4 is 40.8 Å². The van der Waals surface area contributed by atoms with Crippen LogP contribution in [0, 0.1) is 0 Å². The number of benzene rings is 3. The Hall–Kier alpha value is -2.89. The molecule has 0 saturated heterocycles. The number of thiocarbonyl (C=S) groups is 1. The lowest BCUT2D eigenvalue weighted by atomic mass is 10.2. The molecule has 0 aliphatic rings. The van der Waals surface area contributed by atoms with E-state index in [2.05, 4.69) is 15.8 Å². The number of ether oxygens (including phenoxy) is 1. The molecule has 0 atom stereocenters. The number of hydrogen-bond donors (Lipinski definition) is 3. The van der Waals surface area contributed by atoms with E-state index in [0.29, 0.717) is 16.7 Å². The number of anilines is 1. The number of hydrazone groups is 1. The molecular weight excluding hydrogens is 378 g/mol. The minimum absolute atomic E-state index is 0.462. The van der Waals surface area contributed by atoms with Crippen molar-refractivity contribution in [2.75, 3.05) is 5.32 Å². The highest BCUT2D eigenvalue weighted by Gasteiger charge is 2.05. The van der Waals surface area contributed by atoms with Gasteiger partial charge in [0, 0.05) is 10.7 Å². The van der Waals surface area contributed by atoms with E-state index in [0.717, 1.165) is 22.6 Å². The van der Waals surface area contributed by atoms with Crippen molar-refractivity contribution < 1.29 is 9.84 Å². The molecule has 0 fully saturated rings. The molecule has 0 aliphatic heterocycles. The summed E-state index contributed by atoms with van der Waals surface area (Å²) in [7, 11) is 0. The van der Waals surface area contributed by atoms with Gasteiger partial charge in [0.05, 0.1) is 5.56 Å². The second-order valence-corrected chi connectivity index (χ2v) is 6.53. The molecule has 0 aromatic heterocycles. The predicted molar refractivity (Wildman–Crippen MR) is 114 cm³/mol. The van der Waals surface area contributed by atoms with E-state index >= 15 is 0 Å². The molecule has 0 aliphatic carbocycles. The van der Waals surface area contributed by atoms with Gasteiger partial charge in [-0.15, -0.1) is 10.5 Å². The monoisotopic (exact) mass is 396 g/mol. The molecule has 6 heteroatoms. The molecule has 0 heterocycles. The standard InChI is InChI=1S/C21H18ClN3OS/c22-18-12-10-16(11-13-18)15-26-20-9-5-4-6-17(20)14-23-25-21(27)24-19-7-2-1-3-8-19/h1-14H,15H2,(H2,24,25,27)/p+1. The van der Waals surface area contributed by atoms with Crippen LogP contribution >= 0.6 is 23.8 Å². The highest BCUT2D eigenvalue weighted by molar-refractivity contribution is 7.80. The van der Waals surface area contributed by atoms with Gasteiger partial charge in [-0.2, -0.15) is 0 Å². The van der Waals surface area contributed by atoms with E-state index in [-0.39, 0.29) is 0 Å². The van der Waals surface area contributed by atoms with E-state index in [9.17, 15) is 0 Å². The first-order chi connectivity index (χ1) is 13.2. The van der Waals surface area contributed by atoms with Crippen LogP contribution in [0.1, 0.15) is 11.1 Å². The number of nitrogens with one attached hydrogen (secondary N) is 3. The van der Waals surface area contributed by atoms with Gasteiger partial charge in [-0.05, 0) is 54.2 Å². The molecule has 3 rings (SSSR count). The maximum atomic E-state index is 5.93. The Bertz CT molecular complexity index is 914. The SMILES string of the molecule is S=C(N[NH+]=Cc1ccccc1OCc1ccc(Cl)cc1)Nc1ccccc1. The normalized spacial score (nSPS) is 10.6. The van der Waals surface area contributed by atoms with Crippen LogP contribution in [0.4, 0.5) is 5.69 Å². The van der Waals surface area contributed by atoms with Gasteiger partial charge in [0.25, 0.3) is 0 Å². The first kappa shape index (κ1) is 18.9. The molecular formula is C21H19ClN3OS+. The molecule has 3 aromatic rings. The lowest BCUT2D eigenvalue weighted by Gasteiger charge is -2.08. The van der Waals surface area contributed by atoms with Crippen LogP contribution in [0.2, 0.25) is 5.02 Å². The molecule has 0 spiro atoms. The van der Waals surface area contributed by atoms with E-state index < -0.39 is 0 Å². The third-order valence-electron chi connectivity index (χ3n) is 3.67. The van der Waals surface area contributed by atoms with Gasteiger partial charge >= 0.3 is 0 Å². The van der Waals surface area contributed by atoms with Crippen molar-refractivity contribution in [3.8, 4) is 5.75 Å². The fraction of sp³-hybridized carbons (Fsp3) is 0.0476. The zero-order chi connectivity index (χ0) is 18.9. The summed E-state index contributed by atoms with van der Waals surface area (Å²) in [5.41, 5.74) is 5.81. The Morgan fingerprint density at radius 3 is 2.44 bits per heavy atom. The lowest BCUT2D eigenvalue weighted by Crippen LogP contribution is -2.82. The third-order valence-corrected chi connectivity index (χ3v) is 4.13. The molecule has 0 unspecified atom stereocenters. The smallest absolute Gasteiger partial charge is 0.228 e. The maximum absolute atomic E-state index is 5.93. The largest absolute Gasteiger partial charge is 0.488 e. The van der Waals surface area contributed by atoms with Gasteiger partial charge in [0.1, 0.15) is 12.4 Å². The number of hydrogen-bond acceptors (Lipinski definition) is 2. The molecule has 0 amide bonds. The van der Waals surface area contributed by atoms with Crippen LogP contribution in [-0.4, -0.2) is 11.3 Å². The van der Waals surface area contributed by atoms with E-state index in [1.165, 1.54) is 0 Å². The topological polar surface area (TPSA) is 47.3 Å². The summed E-state index contributed by atoms with van der Waals surface area (Å²) in [6, 6.07) is 25.1. The fourth-order valence-corrected chi connectivity index (χ4v) is 2.64. The predicted octanol–water partition coefficient (Wildman–Crippen LogP) is 3.32. The number of rotatable bonds is 6. The Balaban J connectivity index is 1.57. The van der Waals surface area contributed by atoms with Crippen LogP contribution in [0.25, 0.3) is 0 Å². The minimum atomic E-state index is 0.462. The summed E-state index contributed by atoms with van der Waals surface area (Å²) in [5, 5.41) is 7.26. The van der Waals surface area contributed by atoms with Gasteiger partial charge < -0.3 is 10.1 Å². The van der Waals surface area contributed by atoms with E-state index in [1.54, 1.807) is 6.21 Å². The van der Waals surface area contributed by atoms with Crippen molar-refractivity contribution in [3.05, 3.63) is 95.0 Å². The van der Waals surface area contributed by atoms with Gasteiger partial charge in [-0.1, -0.05) is 54.1 Å². The van der Waals surface area contributed by atoms with Gasteiger partial charge in [-0.3, -0.25) is 0 Å². The molecule has 0 saturated carbocycles. The number of hydrazine groups is 1. The van der Waals surface area contributed by atoms with Crippen LogP contribution in [0.3, 0.4) is 0 Å². The molecule has 4 nitrogen and oxygen atoms in total. The van der Waals surface area contributed by atoms with Crippen LogP contribution in [0.15, 0.2) is 78.9 Å². The minimum Gasteiger partial charge on any atom is -0.488 e. The summed E-state index contributed by atoms with van der Waals surface area (Å²) in [5.74, 6) is 0.767. The van der Waals surface area contributed by atoms with Gasteiger partial charge in [0.15, 0.2) is 0 Å². The maximum Gasteiger partial charge on any atom is 0.228 e. The third kappa shape index (κ3) is 6.09. The average Bonchev–Trinajstić information content (AvgIpc) is 2.69. The van der Waals surface area contributed by atoms with Crippen LogP contribution in [0.5, 0.6) is 5.75 Å². The van der Waals surface area contributed by atoms with E-state index in [4.69, 9.17) is 28.6 Å².